The summed E-state index contributed by atoms with van der Waals surface area (Å²) in [5, 5.41) is 0. The van der Waals surface area contributed by atoms with Crippen molar-refractivity contribution in [2.45, 2.75) is 57.3 Å². The van der Waals surface area contributed by atoms with Crippen molar-refractivity contribution >= 4 is 0 Å². The van der Waals surface area contributed by atoms with Gasteiger partial charge >= 0.3 is 0 Å². The average molecular weight is 239 g/mol. The van der Waals surface area contributed by atoms with E-state index in [9.17, 15) is 0 Å². The van der Waals surface area contributed by atoms with E-state index >= 15 is 0 Å². The molecule has 1 aliphatic carbocycles. The molecule has 3 fully saturated rings. The minimum atomic E-state index is 0.482. The molecule has 17 heavy (non-hydrogen) atoms. The van der Waals surface area contributed by atoms with E-state index in [0.29, 0.717) is 12.2 Å². The third-order valence-corrected chi connectivity index (χ3v) is 4.34. The van der Waals surface area contributed by atoms with Gasteiger partial charge in [-0.3, -0.25) is 4.90 Å². The van der Waals surface area contributed by atoms with Gasteiger partial charge in [-0.25, -0.2) is 0 Å². The highest BCUT2D eigenvalue weighted by Gasteiger charge is 2.34. The van der Waals surface area contributed by atoms with Gasteiger partial charge in [-0.2, -0.15) is 0 Å². The predicted molar refractivity (Wildman–Crippen MR) is 67.1 cm³/mol. The SMILES string of the molecule is C[C@@H]1CC[C@@H](CN(C[C@H]2CCOC2)C2CC2)O1. The molecule has 2 heterocycles. The maximum atomic E-state index is 5.96. The van der Waals surface area contributed by atoms with Gasteiger partial charge in [0, 0.05) is 25.7 Å². The van der Waals surface area contributed by atoms with E-state index in [2.05, 4.69) is 11.8 Å². The Morgan fingerprint density at radius 2 is 1.94 bits per heavy atom. The highest BCUT2D eigenvalue weighted by atomic mass is 16.5. The van der Waals surface area contributed by atoms with Gasteiger partial charge < -0.3 is 9.47 Å². The maximum Gasteiger partial charge on any atom is 0.0706 e. The van der Waals surface area contributed by atoms with Crippen molar-refractivity contribution in [1.29, 1.82) is 0 Å². The Morgan fingerprint density at radius 3 is 2.53 bits per heavy atom. The summed E-state index contributed by atoms with van der Waals surface area (Å²) in [6, 6.07) is 0.857. The highest BCUT2D eigenvalue weighted by Crippen LogP contribution is 2.31. The van der Waals surface area contributed by atoms with Crippen LogP contribution in [0.4, 0.5) is 0 Å². The molecule has 1 saturated carbocycles. The van der Waals surface area contributed by atoms with Crippen LogP contribution in [-0.4, -0.2) is 49.5 Å². The molecule has 0 aromatic heterocycles. The standard InChI is InChI=1S/C14H25NO2/c1-11-2-5-14(17-11)9-15(13-3-4-13)8-12-6-7-16-10-12/h11-14H,2-10H2,1H3/t11-,12-,14+/m1/s1. The Morgan fingerprint density at radius 1 is 1.06 bits per heavy atom. The molecule has 0 radical (unpaired) electrons. The first-order chi connectivity index (χ1) is 8.31. The molecule has 0 aromatic carbocycles. The monoisotopic (exact) mass is 239 g/mol. The van der Waals surface area contributed by atoms with Crippen LogP contribution in [-0.2, 0) is 9.47 Å². The molecule has 0 aromatic rings. The molecule has 0 unspecified atom stereocenters. The van der Waals surface area contributed by atoms with Crippen LogP contribution in [0.5, 0.6) is 0 Å². The lowest BCUT2D eigenvalue weighted by molar-refractivity contribution is 0.0256. The minimum Gasteiger partial charge on any atom is -0.381 e. The van der Waals surface area contributed by atoms with Gasteiger partial charge in [0.1, 0.15) is 0 Å². The predicted octanol–water partition coefficient (Wildman–Crippen LogP) is 2.05. The molecular formula is C14H25NO2. The Kier molecular flexibility index (Phi) is 3.69. The van der Waals surface area contributed by atoms with Crippen LogP contribution in [0.1, 0.15) is 39.0 Å². The van der Waals surface area contributed by atoms with Crippen molar-refractivity contribution in [3.63, 3.8) is 0 Å². The van der Waals surface area contributed by atoms with E-state index in [1.807, 2.05) is 0 Å². The van der Waals surface area contributed by atoms with Crippen LogP contribution in [0.2, 0.25) is 0 Å². The number of hydrogen-bond acceptors (Lipinski definition) is 3. The second kappa shape index (κ2) is 5.25. The number of nitrogens with zero attached hydrogens (tertiary/aromatic N) is 1. The molecule has 98 valence electrons. The van der Waals surface area contributed by atoms with Crippen LogP contribution in [0.25, 0.3) is 0 Å². The van der Waals surface area contributed by atoms with Crippen molar-refractivity contribution in [2.75, 3.05) is 26.3 Å². The topological polar surface area (TPSA) is 21.7 Å². The molecular weight excluding hydrogens is 214 g/mol. The summed E-state index contributed by atoms with van der Waals surface area (Å²) >= 11 is 0. The van der Waals surface area contributed by atoms with Gasteiger partial charge in [0.25, 0.3) is 0 Å². The summed E-state index contributed by atoms with van der Waals surface area (Å²) < 4.78 is 11.4. The van der Waals surface area contributed by atoms with Crippen LogP contribution < -0.4 is 0 Å². The summed E-state index contributed by atoms with van der Waals surface area (Å²) in [7, 11) is 0. The normalized spacial score (nSPS) is 38.1. The molecule has 2 saturated heterocycles. The molecule has 3 atom stereocenters. The highest BCUT2D eigenvalue weighted by molar-refractivity contribution is 4.88. The first-order valence-corrected chi connectivity index (χ1v) is 7.28. The zero-order chi connectivity index (χ0) is 11.7. The summed E-state index contributed by atoms with van der Waals surface area (Å²) in [5.41, 5.74) is 0. The summed E-state index contributed by atoms with van der Waals surface area (Å²) in [5.74, 6) is 0.773. The van der Waals surface area contributed by atoms with Gasteiger partial charge in [-0.05, 0) is 44.9 Å². The van der Waals surface area contributed by atoms with E-state index in [-0.39, 0.29) is 0 Å². The van der Waals surface area contributed by atoms with Crippen molar-refractivity contribution in [3.05, 3.63) is 0 Å². The third kappa shape index (κ3) is 3.21. The van der Waals surface area contributed by atoms with E-state index in [0.717, 1.165) is 31.7 Å². The first-order valence-electron chi connectivity index (χ1n) is 7.28. The maximum absolute atomic E-state index is 5.96. The molecule has 0 bridgehead atoms. The van der Waals surface area contributed by atoms with Gasteiger partial charge in [-0.15, -0.1) is 0 Å². The van der Waals surface area contributed by atoms with E-state index < -0.39 is 0 Å². The summed E-state index contributed by atoms with van der Waals surface area (Å²) in [6.07, 6.45) is 7.53. The van der Waals surface area contributed by atoms with Crippen molar-refractivity contribution < 1.29 is 9.47 Å². The fourth-order valence-electron chi connectivity index (χ4n) is 3.15. The largest absolute Gasteiger partial charge is 0.381 e. The van der Waals surface area contributed by atoms with E-state index in [4.69, 9.17) is 9.47 Å². The van der Waals surface area contributed by atoms with Crippen molar-refractivity contribution in [1.82, 2.24) is 4.90 Å². The Bertz CT molecular complexity index is 249. The zero-order valence-corrected chi connectivity index (χ0v) is 10.9. The van der Waals surface area contributed by atoms with Crippen molar-refractivity contribution in [3.8, 4) is 0 Å². The van der Waals surface area contributed by atoms with Crippen molar-refractivity contribution in [2.24, 2.45) is 5.92 Å². The molecule has 3 heteroatoms. The van der Waals surface area contributed by atoms with Crippen LogP contribution in [0, 0.1) is 5.92 Å². The van der Waals surface area contributed by atoms with E-state index in [1.165, 1.54) is 38.6 Å². The Labute approximate surface area is 104 Å². The molecule has 3 aliphatic rings. The lowest BCUT2D eigenvalue weighted by Crippen LogP contribution is -2.38. The quantitative estimate of drug-likeness (QED) is 0.733. The smallest absolute Gasteiger partial charge is 0.0706 e. The first kappa shape index (κ1) is 11.9. The van der Waals surface area contributed by atoms with E-state index in [1.54, 1.807) is 0 Å². The lowest BCUT2D eigenvalue weighted by atomic mass is 10.1. The summed E-state index contributed by atoms with van der Waals surface area (Å²) in [4.78, 5) is 2.68. The van der Waals surface area contributed by atoms with Crippen LogP contribution in [0.3, 0.4) is 0 Å². The van der Waals surface area contributed by atoms with Crippen LogP contribution in [0.15, 0.2) is 0 Å². The number of ether oxygens (including phenoxy) is 2. The van der Waals surface area contributed by atoms with Gasteiger partial charge in [-0.1, -0.05) is 0 Å². The Hall–Kier alpha value is -0.120. The molecule has 3 nitrogen and oxygen atoms in total. The minimum absolute atomic E-state index is 0.482. The molecule has 0 amide bonds. The van der Waals surface area contributed by atoms with Gasteiger partial charge in [0.2, 0.25) is 0 Å². The molecule has 2 aliphatic heterocycles. The summed E-state index contributed by atoms with van der Waals surface area (Å²) in [6.45, 7) is 6.54. The van der Waals surface area contributed by atoms with Gasteiger partial charge in [0.05, 0.1) is 18.8 Å². The van der Waals surface area contributed by atoms with Crippen LogP contribution >= 0.6 is 0 Å². The molecule has 0 spiro atoms. The number of hydrogen-bond donors (Lipinski definition) is 0. The second-order valence-electron chi connectivity index (χ2n) is 6.06. The second-order valence-corrected chi connectivity index (χ2v) is 6.06. The average Bonchev–Trinajstić information content (AvgIpc) is 2.89. The van der Waals surface area contributed by atoms with Gasteiger partial charge in [0.15, 0.2) is 0 Å². The zero-order valence-electron chi connectivity index (χ0n) is 10.9. The molecule has 3 rings (SSSR count). The number of rotatable bonds is 5. The fourth-order valence-corrected chi connectivity index (χ4v) is 3.15. The lowest BCUT2D eigenvalue weighted by Gasteiger charge is -2.27. The molecule has 0 N–H and O–H groups in total. The Balaban J connectivity index is 1.49. The third-order valence-electron chi connectivity index (χ3n) is 4.34. The fraction of sp³-hybridized carbons (Fsp3) is 1.00.